The van der Waals surface area contributed by atoms with Crippen LogP contribution in [0.15, 0.2) is 12.3 Å². The predicted molar refractivity (Wildman–Crippen MR) is 67.8 cm³/mol. The second kappa shape index (κ2) is 4.43. The lowest BCUT2D eigenvalue weighted by Gasteiger charge is -2.23. The number of nitrogens with one attached hydrogen (secondary N) is 1. The van der Waals surface area contributed by atoms with Gasteiger partial charge in [0.05, 0.1) is 12.3 Å². The highest BCUT2D eigenvalue weighted by Crippen LogP contribution is 2.32. The van der Waals surface area contributed by atoms with E-state index in [-0.39, 0.29) is 5.60 Å². The zero-order chi connectivity index (χ0) is 12.5. The average Bonchev–Trinajstić information content (AvgIpc) is 3.00. The van der Waals surface area contributed by atoms with Gasteiger partial charge in [0.1, 0.15) is 11.4 Å². The monoisotopic (exact) mass is 236 g/mol. The number of ether oxygens (including phenoxy) is 2. The summed E-state index contributed by atoms with van der Waals surface area (Å²) in [5.41, 5.74) is -0.245. The zero-order valence-electron chi connectivity index (χ0n) is 10.9. The Kier molecular flexibility index (Phi) is 3.13. The molecule has 0 bridgehead atoms. The number of hydrogen-bond acceptors (Lipinski definition) is 4. The first-order chi connectivity index (χ1) is 7.98. The van der Waals surface area contributed by atoms with Gasteiger partial charge in [-0.25, -0.2) is 4.98 Å². The summed E-state index contributed by atoms with van der Waals surface area (Å²) in [6.45, 7) is 6.04. The Balaban J connectivity index is 2.18. The highest BCUT2D eigenvalue weighted by Gasteiger charge is 2.24. The molecule has 0 unspecified atom stereocenters. The van der Waals surface area contributed by atoms with Gasteiger partial charge in [0.2, 0.25) is 0 Å². The van der Waals surface area contributed by atoms with Gasteiger partial charge in [0.25, 0.3) is 0 Å². The van der Waals surface area contributed by atoms with Crippen molar-refractivity contribution in [1.82, 2.24) is 4.98 Å². The Morgan fingerprint density at radius 2 is 2.06 bits per heavy atom. The number of aromatic nitrogens is 1. The molecule has 0 amide bonds. The van der Waals surface area contributed by atoms with Crippen molar-refractivity contribution in [2.75, 3.05) is 12.4 Å². The van der Waals surface area contributed by atoms with Crippen molar-refractivity contribution >= 4 is 5.82 Å². The summed E-state index contributed by atoms with van der Waals surface area (Å²) in [7, 11) is 1.83. The van der Waals surface area contributed by atoms with E-state index in [1.807, 2.05) is 33.9 Å². The molecule has 0 saturated heterocycles. The number of hydrogen-bond donors (Lipinski definition) is 1. The van der Waals surface area contributed by atoms with E-state index in [0.717, 1.165) is 30.2 Å². The maximum atomic E-state index is 5.86. The smallest absolute Gasteiger partial charge is 0.168 e. The molecule has 1 heterocycles. The number of anilines is 1. The van der Waals surface area contributed by atoms with E-state index in [9.17, 15) is 0 Å². The van der Waals surface area contributed by atoms with E-state index >= 15 is 0 Å². The van der Waals surface area contributed by atoms with Crippen LogP contribution in [-0.2, 0) is 0 Å². The Hall–Kier alpha value is -1.45. The third-order valence-corrected chi connectivity index (χ3v) is 2.31. The molecule has 94 valence electrons. The number of nitrogens with zero attached hydrogens (tertiary/aromatic N) is 1. The Labute approximate surface area is 102 Å². The Morgan fingerprint density at radius 3 is 2.59 bits per heavy atom. The molecule has 2 rings (SSSR count). The van der Waals surface area contributed by atoms with Crippen molar-refractivity contribution in [3.63, 3.8) is 0 Å². The molecule has 0 radical (unpaired) electrons. The molecule has 1 fully saturated rings. The van der Waals surface area contributed by atoms with Crippen LogP contribution in [0.5, 0.6) is 11.5 Å². The van der Waals surface area contributed by atoms with Crippen molar-refractivity contribution in [3.05, 3.63) is 12.3 Å². The van der Waals surface area contributed by atoms with Gasteiger partial charge in [-0.1, -0.05) is 0 Å². The molecule has 4 heteroatoms. The molecule has 0 atom stereocenters. The van der Waals surface area contributed by atoms with E-state index in [0.29, 0.717) is 6.10 Å². The predicted octanol–water partition coefficient (Wildman–Crippen LogP) is 2.84. The molecule has 0 aliphatic heterocycles. The second-order valence-electron chi connectivity index (χ2n) is 5.30. The summed E-state index contributed by atoms with van der Waals surface area (Å²) in [6, 6.07) is 1.91. The molecule has 1 aromatic rings. The lowest BCUT2D eigenvalue weighted by molar-refractivity contribution is 0.130. The van der Waals surface area contributed by atoms with Gasteiger partial charge in [-0.3, -0.25) is 0 Å². The van der Waals surface area contributed by atoms with E-state index in [4.69, 9.17) is 9.47 Å². The standard InChI is InChI=1S/C13H20N2O2/c1-13(2,3)17-11-7-10(16-9-5-6-9)8-15-12(11)14-4/h7-9H,5-6H2,1-4H3,(H,14,15). The summed E-state index contributed by atoms with van der Waals surface area (Å²) in [5.74, 6) is 2.26. The third-order valence-electron chi connectivity index (χ3n) is 2.31. The average molecular weight is 236 g/mol. The van der Waals surface area contributed by atoms with Crippen LogP contribution in [0.3, 0.4) is 0 Å². The van der Waals surface area contributed by atoms with Crippen LogP contribution in [0.25, 0.3) is 0 Å². The van der Waals surface area contributed by atoms with Crippen molar-refractivity contribution in [1.29, 1.82) is 0 Å². The first-order valence-electron chi connectivity index (χ1n) is 6.01. The Morgan fingerprint density at radius 1 is 1.35 bits per heavy atom. The summed E-state index contributed by atoms with van der Waals surface area (Å²) in [5, 5.41) is 3.02. The normalized spacial score (nSPS) is 15.5. The van der Waals surface area contributed by atoms with Crippen LogP contribution >= 0.6 is 0 Å². The van der Waals surface area contributed by atoms with Gasteiger partial charge < -0.3 is 14.8 Å². The van der Waals surface area contributed by atoms with Gasteiger partial charge in [-0.05, 0) is 33.6 Å². The summed E-state index contributed by atoms with van der Waals surface area (Å²) >= 11 is 0. The lowest BCUT2D eigenvalue weighted by atomic mass is 10.2. The topological polar surface area (TPSA) is 43.4 Å². The number of pyridine rings is 1. The molecule has 0 aromatic carbocycles. The molecule has 4 nitrogen and oxygen atoms in total. The van der Waals surface area contributed by atoms with Gasteiger partial charge >= 0.3 is 0 Å². The van der Waals surface area contributed by atoms with Crippen molar-refractivity contribution in [2.24, 2.45) is 0 Å². The van der Waals surface area contributed by atoms with Crippen molar-refractivity contribution in [3.8, 4) is 11.5 Å². The lowest BCUT2D eigenvalue weighted by Crippen LogP contribution is -2.23. The van der Waals surface area contributed by atoms with Crippen LogP contribution in [0.4, 0.5) is 5.82 Å². The summed E-state index contributed by atoms with van der Waals surface area (Å²) in [6.07, 6.45) is 4.39. The van der Waals surface area contributed by atoms with Crippen LogP contribution in [0.2, 0.25) is 0 Å². The fourth-order valence-electron chi connectivity index (χ4n) is 1.46. The largest absolute Gasteiger partial charge is 0.489 e. The van der Waals surface area contributed by atoms with Crippen LogP contribution in [-0.4, -0.2) is 23.7 Å². The van der Waals surface area contributed by atoms with Crippen LogP contribution in [0, 0.1) is 0 Å². The van der Waals surface area contributed by atoms with Gasteiger partial charge in [0, 0.05) is 13.1 Å². The van der Waals surface area contributed by atoms with Crippen LogP contribution < -0.4 is 14.8 Å². The highest BCUT2D eigenvalue weighted by atomic mass is 16.5. The third kappa shape index (κ3) is 3.51. The van der Waals surface area contributed by atoms with E-state index in [2.05, 4.69) is 10.3 Å². The van der Waals surface area contributed by atoms with E-state index in [1.165, 1.54) is 0 Å². The highest BCUT2D eigenvalue weighted by molar-refractivity contribution is 5.52. The molecule has 1 aliphatic rings. The molecule has 1 aliphatic carbocycles. The molecular weight excluding hydrogens is 216 g/mol. The van der Waals surface area contributed by atoms with Crippen molar-refractivity contribution < 1.29 is 9.47 Å². The first-order valence-corrected chi connectivity index (χ1v) is 6.01. The van der Waals surface area contributed by atoms with Crippen molar-refractivity contribution in [2.45, 2.75) is 45.3 Å². The minimum Gasteiger partial charge on any atom is -0.489 e. The van der Waals surface area contributed by atoms with Gasteiger partial charge in [-0.2, -0.15) is 0 Å². The molecule has 1 saturated carbocycles. The van der Waals surface area contributed by atoms with E-state index in [1.54, 1.807) is 6.20 Å². The Bertz CT molecular complexity index is 395. The molecule has 1 aromatic heterocycles. The zero-order valence-corrected chi connectivity index (χ0v) is 10.9. The first kappa shape index (κ1) is 12.0. The van der Waals surface area contributed by atoms with Gasteiger partial charge in [-0.15, -0.1) is 0 Å². The van der Waals surface area contributed by atoms with Crippen LogP contribution in [0.1, 0.15) is 33.6 Å². The second-order valence-corrected chi connectivity index (χ2v) is 5.30. The molecule has 1 N–H and O–H groups in total. The fraction of sp³-hybridized carbons (Fsp3) is 0.615. The van der Waals surface area contributed by atoms with E-state index < -0.39 is 0 Å². The minimum absolute atomic E-state index is 0.245. The SMILES string of the molecule is CNc1ncc(OC2CC2)cc1OC(C)(C)C. The van der Waals surface area contributed by atoms with Gasteiger partial charge in [0.15, 0.2) is 11.6 Å². The maximum Gasteiger partial charge on any atom is 0.168 e. The minimum atomic E-state index is -0.245. The fourth-order valence-corrected chi connectivity index (χ4v) is 1.46. The molecular formula is C13H20N2O2. The molecule has 0 spiro atoms. The number of rotatable bonds is 4. The quantitative estimate of drug-likeness (QED) is 0.873. The summed E-state index contributed by atoms with van der Waals surface area (Å²) in [4.78, 5) is 4.30. The molecule has 17 heavy (non-hydrogen) atoms. The maximum absolute atomic E-state index is 5.86. The summed E-state index contributed by atoms with van der Waals surface area (Å²) < 4.78 is 11.6.